The summed E-state index contributed by atoms with van der Waals surface area (Å²) < 4.78 is 17.1. The van der Waals surface area contributed by atoms with E-state index in [0.29, 0.717) is 5.76 Å². The van der Waals surface area contributed by atoms with Crippen LogP contribution in [0.1, 0.15) is 0 Å². The molecule has 56 valence electrons. The summed E-state index contributed by atoms with van der Waals surface area (Å²) in [4.78, 5) is 0. The van der Waals surface area contributed by atoms with E-state index < -0.39 is 5.83 Å². The Labute approximate surface area is 68.0 Å². The third kappa shape index (κ3) is 3.45. The van der Waals surface area contributed by atoms with E-state index in [9.17, 15) is 4.39 Å². The topological polar surface area (TPSA) is 9.23 Å². The lowest BCUT2D eigenvalue weighted by Crippen LogP contribution is -1.79. The van der Waals surface area contributed by atoms with Gasteiger partial charge in [0.05, 0.1) is 11.6 Å². The molecule has 0 rings (SSSR count). The highest BCUT2D eigenvalue weighted by Gasteiger charge is 1.96. The van der Waals surface area contributed by atoms with Crippen molar-refractivity contribution >= 4 is 15.9 Å². The Morgan fingerprint density at radius 2 is 2.10 bits per heavy atom. The molecular weight excluding hydrogens is 199 g/mol. The van der Waals surface area contributed by atoms with Crippen molar-refractivity contribution in [3.05, 3.63) is 35.3 Å². The number of halogens is 2. The van der Waals surface area contributed by atoms with Gasteiger partial charge in [0.15, 0.2) is 0 Å². The number of ether oxygens (including phenoxy) is 1. The molecule has 0 aliphatic carbocycles. The maximum Gasteiger partial charge on any atom is 0.130 e. The van der Waals surface area contributed by atoms with Gasteiger partial charge in [0, 0.05) is 0 Å². The van der Waals surface area contributed by atoms with Crippen LogP contribution in [0.25, 0.3) is 0 Å². The van der Waals surface area contributed by atoms with Gasteiger partial charge in [-0.25, -0.2) is 4.39 Å². The van der Waals surface area contributed by atoms with Crippen molar-refractivity contribution in [3.63, 3.8) is 0 Å². The maximum absolute atomic E-state index is 12.2. The molecule has 0 N–H and O–H groups in total. The summed E-state index contributed by atoms with van der Waals surface area (Å²) in [5.74, 6) is -0.163. The predicted octanol–water partition coefficient (Wildman–Crippen LogP) is 2.91. The van der Waals surface area contributed by atoms with Crippen molar-refractivity contribution in [2.45, 2.75) is 0 Å². The van der Waals surface area contributed by atoms with E-state index in [-0.39, 0.29) is 4.48 Å². The van der Waals surface area contributed by atoms with Crippen molar-refractivity contribution in [3.8, 4) is 0 Å². The minimum absolute atomic E-state index is 0.249. The zero-order chi connectivity index (χ0) is 8.15. The molecule has 0 bridgehead atoms. The quantitative estimate of drug-likeness (QED) is 0.510. The zero-order valence-electron chi connectivity index (χ0n) is 5.66. The molecule has 0 aliphatic heterocycles. The van der Waals surface area contributed by atoms with Gasteiger partial charge in [-0.05, 0) is 22.0 Å². The van der Waals surface area contributed by atoms with Crippen LogP contribution in [0, 0.1) is 0 Å². The van der Waals surface area contributed by atoms with Crippen molar-refractivity contribution in [1.29, 1.82) is 0 Å². The Balaban J connectivity index is 4.16. The summed E-state index contributed by atoms with van der Waals surface area (Å²) in [5, 5.41) is 0. The SMILES string of the molecule is C=C(/C=C(/Br)C(=C)F)OC. The number of allylic oxidation sites excluding steroid dienone is 3. The second-order valence-electron chi connectivity index (χ2n) is 1.57. The monoisotopic (exact) mass is 206 g/mol. The fourth-order valence-corrected chi connectivity index (χ4v) is 0.534. The fourth-order valence-electron chi connectivity index (χ4n) is 0.279. The summed E-state index contributed by atoms with van der Waals surface area (Å²) in [6.07, 6.45) is 1.41. The molecule has 0 unspecified atom stereocenters. The lowest BCUT2D eigenvalue weighted by atomic mass is 10.4. The van der Waals surface area contributed by atoms with E-state index in [1.54, 1.807) is 0 Å². The van der Waals surface area contributed by atoms with E-state index in [2.05, 4.69) is 33.8 Å². The van der Waals surface area contributed by atoms with Gasteiger partial charge in [-0.2, -0.15) is 0 Å². The smallest absolute Gasteiger partial charge is 0.130 e. The van der Waals surface area contributed by atoms with E-state index in [4.69, 9.17) is 0 Å². The predicted molar refractivity (Wildman–Crippen MR) is 43.4 cm³/mol. The lowest BCUT2D eigenvalue weighted by Gasteiger charge is -1.96. The van der Waals surface area contributed by atoms with Crippen LogP contribution in [0.15, 0.2) is 35.3 Å². The Hall–Kier alpha value is -0.570. The minimum Gasteiger partial charge on any atom is -0.497 e. The van der Waals surface area contributed by atoms with Crippen LogP contribution in [-0.2, 0) is 4.74 Å². The van der Waals surface area contributed by atoms with E-state index >= 15 is 0 Å². The third-order valence-corrected chi connectivity index (χ3v) is 1.47. The van der Waals surface area contributed by atoms with E-state index in [1.165, 1.54) is 13.2 Å². The van der Waals surface area contributed by atoms with Crippen molar-refractivity contribution in [2.75, 3.05) is 7.11 Å². The molecule has 0 fully saturated rings. The van der Waals surface area contributed by atoms with Crippen LogP contribution < -0.4 is 0 Å². The van der Waals surface area contributed by atoms with Crippen molar-refractivity contribution in [2.24, 2.45) is 0 Å². The van der Waals surface area contributed by atoms with Crippen LogP contribution in [0.2, 0.25) is 0 Å². The van der Waals surface area contributed by atoms with E-state index in [0.717, 1.165) is 0 Å². The van der Waals surface area contributed by atoms with Crippen LogP contribution in [0.5, 0.6) is 0 Å². The molecule has 0 aromatic rings. The Morgan fingerprint density at radius 3 is 2.40 bits per heavy atom. The van der Waals surface area contributed by atoms with Crippen LogP contribution in [-0.4, -0.2) is 7.11 Å². The normalized spacial score (nSPS) is 10.9. The van der Waals surface area contributed by atoms with Crippen LogP contribution >= 0.6 is 15.9 Å². The van der Waals surface area contributed by atoms with Gasteiger partial charge in [-0.3, -0.25) is 0 Å². The molecule has 3 heteroatoms. The molecule has 0 amide bonds. The van der Waals surface area contributed by atoms with Crippen molar-refractivity contribution < 1.29 is 9.13 Å². The molecule has 10 heavy (non-hydrogen) atoms. The summed E-state index contributed by atoms with van der Waals surface area (Å²) >= 11 is 2.93. The molecule has 0 saturated heterocycles. The van der Waals surface area contributed by atoms with Gasteiger partial charge in [0.25, 0.3) is 0 Å². The summed E-state index contributed by atoms with van der Waals surface area (Å²) in [5.41, 5.74) is 0. The van der Waals surface area contributed by atoms with Gasteiger partial charge >= 0.3 is 0 Å². The molecule has 0 heterocycles. The standard InChI is InChI=1S/C7H8BrFO/c1-5(10-3)4-7(8)6(2)9/h4H,1-2H2,3H3/b7-4+. The second kappa shape index (κ2) is 4.28. The number of rotatable bonds is 3. The second-order valence-corrected chi connectivity index (χ2v) is 2.42. The molecule has 0 aliphatic rings. The number of methoxy groups -OCH3 is 1. The average Bonchev–Trinajstić information content (AvgIpc) is 1.87. The highest BCUT2D eigenvalue weighted by molar-refractivity contribution is 9.11. The van der Waals surface area contributed by atoms with Gasteiger partial charge in [0.2, 0.25) is 0 Å². The number of hydrogen-bond donors (Lipinski definition) is 0. The molecule has 0 saturated carbocycles. The van der Waals surface area contributed by atoms with Gasteiger partial charge < -0.3 is 4.74 Å². The molecule has 0 atom stereocenters. The lowest BCUT2D eigenvalue weighted by molar-refractivity contribution is 0.308. The van der Waals surface area contributed by atoms with Crippen molar-refractivity contribution in [1.82, 2.24) is 0 Å². The van der Waals surface area contributed by atoms with Gasteiger partial charge in [-0.15, -0.1) is 0 Å². The van der Waals surface area contributed by atoms with Crippen LogP contribution in [0.3, 0.4) is 0 Å². The molecule has 0 radical (unpaired) electrons. The Morgan fingerprint density at radius 1 is 1.60 bits per heavy atom. The zero-order valence-corrected chi connectivity index (χ0v) is 7.24. The minimum atomic E-state index is -0.543. The summed E-state index contributed by atoms with van der Waals surface area (Å²) in [6, 6.07) is 0. The molecule has 0 spiro atoms. The first-order valence-electron chi connectivity index (χ1n) is 2.52. The first-order valence-corrected chi connectivity index (χ1v) is 3.32. The first kappa shape index (κ1) is 9.43. The Kier molecular flexibility index (Phi) is 4.03. The third-order valence-electron chi connectivity index (χ3n) is 0.809. The molecule has 1 nitrogen and oxygen atoms in total. The highest BCUT2D eigenvalue weighted by Crippen LogP contribution is 2.17. The molecule has 0 aromatic heterocycles. The first-order chi connectivity index (χ1) is 4.57. The molecule has 0 aromatic carbocycles. The largest absolute Gasteiger partial charge is 0.497 e. The fraction of sp³-hybridized carbons (Fsp3) is 0.143. The van der Waals surface area contributed by atoms with E-state index in [1.807, 2.05) is 0 Å². The number of hydrogen-bond acceptors (Lipinski definition) is 1. The van der Waals surface area contributed by atoms with Crippen LogP contribution in [0.4, 0.5) is 4.39 Å². The maximum atomic E-state index is 12.2. The van der Waals surface area contributed by atoms with Gasteiger partial charge in [0.1, 0.15) is 11.6 Å². The summed E-state index contributed by atoms with van der Waals surface area (Å²) in [7, 11) is 1.46. The average molecular weight is 207 g/mol. The highest BCUT2D eigenvalue weighted by atomic mass is 79.9. The Bertz CT molecular complexity index is 184. The summed E-state index contributed by atoms with van der Waals surface area (Å²) in [6.45, 7) is 6.52. The van der Waals surface area contributed by atoms with Gasteiger partial charge in [-0.1, -0.05) is 13.2 Å². The molecular formula is C7H8BrFO.